The summed E-state index contributed by atoms with van der Waals surface area (Å²) in [6.07, 6.45) is -2.58. The Hall–Kier alpha value is -2.50. The van der Waals surface area contributed by atoms with Crippen LogP contribution in [0.4, 0.5) is 18.9 Å². The van der Waals surface area contributed by atoms with Crippen molar-refractivity contribution in [1.82, 2.24) is 4.90 Å². The molecule has 1 aliphatic heterocycles. The molecule has 0 unspecified atom stereocenters. The molecule has 0 bridgehead atoms. The second-order valence-corrected chi connectivity index (χ2v) is 6.18. The zero-order valence-electron chi connectivity index (χ0n) is 13.6. The van der Waals surface area contributed by atoms with E-state index in [4.69, 9.17) is 0 Å². The standard InChI is InChI=1S/C19H19F3N2O/c20-19(21,22)15-10-8-14(9-11-15)18(25)24-12-4-7-17(13-24)23-16-5-2-1-3-6-16/h1-3,5-6,8-11,17,23H,4,7,12-13H2/t17-/m0/s1. The monoisotopic (exact) mass is 348 g/mol. The highest BCUT2D eigenvalue weighted by atomic mass is 19.4. The van der Waals surface area contributed by atoms with Crippen LogP contribution in [0.25, 0.3) is 0 Å². The van der Waals surface area contributed by atoms with Crippen LogP contribution in [-0.4, -0.2) is 29.9 Å². The van der Waals surface area contributed by atoms with Gasteiger partial charge in [-0.25, -0.2) is 0 Å². The minimum atomic E-state index is -4.39. The number of halogens is 3. The highest BCUT2D eigenvalue weighted by Gasteiger charge is 2.31. The van der Waals surface area contributed by atoms with E-state index in [2.05, 4.69) is 5.32 Å². The summed E-state index contributed by atoms with van der Waals surface area (Å²) in [6.45, 7) is 1.15. The Kier molecular flexibility index (Phi) is 4.97. The van der Waals surface area contributed by atoms with Gasteiger partial charge < -0.3 is 10.2 Å². The maximum atomic E-state index is 12.6. The van der Waals surface area contributed by atoms with Gasteiger partial charge in [-0.3, -0.25) is 4.79 Å². The third-order valence-corrected chi connectivity index (χ3v) is 4.31. The van der Waals surface area contributed by atoms with Gasteiger partial charge in [0, 0.05) is 30.4 Å². The van der Waals surface area contributed by atoms with Gasteiger partial charge in [0.05, 0.1) is 5.56 Å². The van der Waals surface area contributed by atoms with Gasteiger partial charge in [0.15, 0.2) is 0 Å². The van der Waals surface area contributed by atoms with Gasteiger partial charge >= 0.3 is 6.18 Å². The first-order chi connectivity index (χ1) is 11.9. The molecule has 3 rings (SSSR count). The molecule has 0 saturated carbocycles. The highest BCUT2D eigenvalue weighted by Crippen LogP contribution is 2.29. The SMILES string of the molecule is O=C(c1ccc(C(F)(F)F)cc1)N1CCC[C@H](Nc2ccccc2)C1. The van der Waals surface area contributed by atoms with E-state index in [0.717, 1.165) is 30.7 Å². The van der Waals surface area contributed by atoms with Crippen LogP contribution < -0.4 is 5.32 Å². The van der Waals surface area contributed by atoms with Crippen molar-refractivity contribution >= 4 is 11.6 Å². The molecule has 1 saturated heterocycles. The van der Waals surface area contributed by atoms with Gasteiger partial charge in [0.25, 0.3) is 5.91 Å². The minimum Gasteiger partial charge on any atom is -0.381 e. The van der Waals surface area contributed by atoms with E-state index in [1.54, 1.807) is 4.90 Å². The number of para-hydroxylation sites is 1. The number of anilines is 1. The van der Waals surface area contributed by atoms with Crippen LogP contribution in [0.1, 0.15) is 28.8 Å². The van der Waals surface area contributed by atoms with Crippen LogP contribution in [0, 0.1) is 0 Å². The van der Waals surface area contributed by atoms with Crippen molar-refractivity contribution in [3.63, 3.8) is 0 Å². The molecule has 3 nitrogen and oxygen atoms in total. The number of likely N-dealkylation sites (tertiary alicyclic amines) is 1. The van der Waals surface area contributed by atoms with Gasteiger partial charge in [-0.2, -0.15) is 13.2 Å². The Bertz CT molecular complexity index is 714. The quantitative estimate of drug-likeness (QED) is 0.890. The van der Waals surface area contributed by atoms with Crippen molar-refractivity contribution in [2.45, 2.75) is 25.1 Å². The average Bonchev–Trinajstić information content (AvgIpc) is 2.61. The Morgan fingerprint density at radius 3 is 2.36 bits per heavy atom. The molecule has 0 aromatic heterocycles. The number of rotatable bonds is 3. The predicted octanol–water partition coefficient (Wildman–Crippen LogP) is 4.42. The summed E-state index contributed by atoms with van der Waals surface area (Å²) in [4.78, 5) is 14.3. The fourth-order valence-corrected chi connectivity index (χ4v) is 3.03. The molecule has 132 valence electrons. The lowest BCUT2D eigenvalue weighted by atomic mass is 10.0. The summed E-state index contributed by atoms with van der Waals surface area (Å²) >= 11 is 0. The van der Waals surface area contributed by atoms with Crippen molar-refractivity contribution in [3.05, 3.63) is 65.7 Å². The Morgan fingerprint density at radius 2 is 1.72 bits per heavy atom. The molecule has 1 amide bonds. The van der Waals surface area contributed by atoms with Crippen LogP contribution in [0.5, 0.6) is 0 Å². The summed E-state index contributed by atoms with van der Waals surface area (Å²) in [5.41, 5.74) is 0.538. The van der Waals surface area contributed by atoms with Crippen LogP contribution in [0.3, 0.4) is 0 Å². The van der Waals surface area contributed by atoms with Crippen LogP contribution in [-0.2, 0) is 6.18 Å². The predicted molar refractivity (Wildman–Crippen MR) is 90.4 cm³/mol. The van der Waals surface area contributed by atoms with Gasteiger partial charge in [0.1, 0.15) is 0 Å². The van der Waals surface area contributed by atoms with E-state index in [9.17, 15) is 18.0 Å². The lowest BCUT2D eigenvalue weighted by Gasteiger charge is -2.33. The number of piperidine rings is 1. The lowest BCUT2D eigenvalue weighted by Crippen LogP contribution is -2.45. The maximum Gasteiger partial charge on any atom is 0.416 e. The summed E-state index contributed by atoms with van der Waals surface area (Å²) in [5, 5.41) is 3.40. The Morgan fingerprint density at radius 1 is 1.04 bits per heavy atom. The zero-order chi connectivity index (χ0) is 17.9. The molecule has 6 heteroatoms. The van der Waals surface area contributed by atoms with Crippen LogP contribution in [0.15, 0.2) is 54.6 Å². The third kappa shape index (κ3) is 4.32. The van der Waals surface area contributed by atoms with Crippen molar-refractivity contribution in [3.8, 4) is 0 Å². The average molecular weight is 348 g/mol. The molecular formula is C19H19F3N2O. The van der Waals surface area contributed by atoms with Gasteiger partial charge in [0.2, 0.25) is 0 Å². The molecule has 0 spiro atoms. The van der Waals surface area contributed by atoms with Crippen LogP contribution >= 0.6 is 0 Å². The number of amides is 1. The number of alkyl halides is 3. The second-order valence-electron chi connectivity index (χ2n) is 6.18. The van der Waals surface area contributed by atoms with Crippen molar-refractivity contribution in [2.75, 3.05) is 18.4 Å². The van der Waals surface area contributed by atoms with Crippen molar-refractivity contribution < 1.29 is 18.0 Å². The number of nitrogens with one attached hydrogen (secondary N) is 1. The number of carbonyl (C=O) groups excluding carboxylic acids is 1. The van der Waals surface area contributed by atoms with E-state index in [1.807, 2.05) is 30.3 Å². The fourth-order valence-electron chi connectivity index (χ4n) is 3.03. The molecule has 25 heavy (non-hydrogen) atoms. The molecule has 1 fully saturated rings. The molecule has 1 atom stereocenters. The molecule has 1 aliphatic rings. The van der Waals surface area contributed by atoms with E-state index in [1.165, 1.54) is 12.1 Å². The largest absolute Gasteiger partial charge is 0.416 e. The van der Waals surface area contributed by atoms with E-state index in [-0.39, 0.29) is 17.5 Å². The zero-order valence-corrected chi connectivity index (χ0v) is 13.6. The topological polar surface area (TPSA) is 32.3 Å². The molecule has 0 aliphatic carbocycles. The maximum absolute atomic E-state index is 12.6. The second kappa shape index (κ2) is 7.17. The van der Waals surface area contributed by atoms with E-state index >= 15 is 0 Å². The lowest BCUT2D eigenvalue weighted by molar-refractivity contribution is -0.137. The van der Waals surface area contributed by atoms with Gasteiger partial charge in [-0.15, -0.1) is 0 Å². The summed E-state index contributed by atoms with van der Waals surface area (Å²) in [6, 6.07) is 14.3. The number of nitrogens with zero attached hydrogens (tertiary/aromatic N) is 1. The molecule has 1 N–H and O–H groups in total. The Balaban J connectivity index is 1.65. The molecular weight excluding hydrogens is 329 g/mol. The number of hydrogen-bond donors (Lipinski definition) is 1. The summed E-state index contributed by atoms with van der Waals surface area (Å²) in [5.74, 6) is -0.228. The van der Waals surface area contributed by atoms with E-state index in [0.29, 0.717) is 13.1 Å². The molecule has 2 aromatic rings. The smallest absolute Gasteiger partial charge is 0.381 e. The van der Waals surface area contributed by atoms with E-state index < -0.39 is 11.7 Å². The molecule has 2 aromatic carbocycles. The van der Waals surface area contributed by atoms with Gasteiger partial charge in [-0.1, -0.05) is 18.2 Å². The first-order valence-corrected chi connectivity index (χ1v) is 8.21. The third-order valence-electron chi connectivity index (χ3n) is 4.31. The number of hydrogen-bond acceptors (Lipinski definition) is 2. The number of benzene rings is 2. The van der Waals surface area contributed by atoms with Crippen LogP contribution in [0.2, 0.25) is 0 Å². The Labute approximate surface area is 144 Å². The summed E-state index contributed by atoms with van der Waals surface area (Å²) < 4.78 is 37.9. The van der Waals surface area contributed by atoms with Gasteiger partial charge in [-0.05, 0) is 49.2 Å². The van der Waals surface area contributed by atoms with Crippen molar-refractivity contribution in [1.29, 1.82) is 0 Å². The highest BCUT2D eigenvalue weighted by molar-refractivity contribution is 5.94. The normalized spacial score (nSPS) is 18.0. The summed E-state index contributed by atoms with van der Waals surface area (Å²) in [7, 11) is 0. The minimum absolute atomic E-state index is 0.134. The van der Waals surface area contributed by atoms with Crippen molar-refractivity contribution in [2.24, 2.45) is 0 Å². The molecule has 0 radical (unpaired) electrons. The fraction of sp³-hybridized carbons (Fsp3) is 0.316. The first-order valence-electron chi connectivity index (χ1n) is 8.21. The number of carbonyl (C=O) groups is 1. The molecule has 1 heterocycles. The first kappa shape index (κ1) is 17.3.